The third-order valence-electron chi connectivity index (χ3n) is 4.85. The van der Waals surface area contributed by atoms with Crippen LogP contribution in [0.5, 0.6) is 0 Å². The Hall–Kier alpha value is -1.97. The van der Waals surface area contributed by atoms with Gasteiger partial charge in [0.2, 0.25) is 0 Å². The summed E-state index contributed by atoms with van der Waals surface area (Å²) < 4.78 is 66.4. The SMILES string of the molecule is CN(C)S(=O)(=O)N1CCC[C@H](c2cccc(-c3cccc(C(F)(F)F)c3)n2)C1. The van der Waals surface area contributed by atoms with Crippen LogP contribution in [-0.2, 0) is 16.4 Å². The van der Waals surface area contributed by atoms with Gasteiger partial charge in [-0.05, 0) is 37.1 Å². The molecule has 1 saturated heterocycles. The molecule has 28 heavy (non-hydrogen) atoms. The molecule has 152 valence electrons. The second-order valence-electron chi connectivity index (χ2n) is 7.01. The maximum atomic E-state index is 13.0. The first-order valence-corrected chi connectivity index (χ1v) is 10.3. The number of alkyl halides is 3. The average Bonchev–Trinajstić information content (AvgIpc) is 2.67. The lowest BCUT2D eigenvalue weighted by Gasteiger charge is -2.33. The van der Waals surface area contributed by atoms with E-state index in [1.54, 1.807) is 24.3 Å². The Balaban J connectivity index is 1.88. The van der Waals surface area contributed by atoms with Gasteiger partial charge in [0.1, 0.15) is 0 Å². The molecule has 5 nitrogen and oxygen atoms in total. The van der Waals surface area contributed by atoms with E-state index in [1.165, 1.54) is 28.8 Å². The Labute approximate surface area is 163 Å². The first kappa shape index (κ1) is 20.8. The number of benzene rings is 1. The van der Waals surface area contributed by atoms with E-state index in [0.29, 0.717) is 36.5 Å². The molecule has 0 spiro atoms. The molecule has 1 fully saturated rings. The Morgan fingerprint density at radius 1 is 1.14 bits per heavy atom. The van der Waals surface area contributed by atoms with Gasteiger partial charge in [-0.2, -0.15) is 30.2 Å². The first-order valence-electron chi connectivity index (χ1n) is 8.91. The maximum absolute atomic E-state index is 13.0. The van der Waals surface area contributed by atoms with Crippen LogP contribution in [0.3, 0.4) is 0 Å². The Morgan fingerprint density at radius 3 is 2.54 bits per heavy atom. The number of hydrogen-bond acceptors (Lipinski definition) is 3. The minimum Gasteiger partial charge on any atom is -0.252 e. The van der Waals surface area contributed by atoms with Crippen LogP contribution in [-0.4, -0.2) is 49.2 Å². The minimum absolute atomic E-state index is 0.103. The number of hydrogen-bond donors (Lipinski definition) is 0. The molecule has 3 rings (SSSR count). The molecule has 0 unspecified atom stereocenters. The van der Waals surface area contributed by atoms with Gasteiger partial charge in [0.05, 0.1) is 11.3 Å². The quantitative estimate of drug-likeness (QED) is 0.767. The summed E-state index contributed by atoms with van der Waals surface area (Å²) in [6.45, 7) is 0.754. The van der Waals surface area contributed by atoms with Crippen molar-refractivity contribution < 1.29 is 21.6 Å². The van der Waals surface area contributed by atoms with Crippen LogP contribution in [0.1, 0.15) is 30.0 Å². The van der Waals surface area contributed by atoms with Gasteiger partial charge in [-0.15, -0.1) is 0 Å². The lowest BCUT2D eigenvalue weighted by molar-refractivity contribution is -0.137. The second-order valence-corrected chi connectivity index (χ2v) is 9.16. The fourth-order valence-corrected chi connectivity index (χ4v) is 4.51. The summed E-state index contributed by atoms with van der Waals surface area (Å²) in [5.41, 5.74) is 0.785. The van der Waals surface area contributed by atoms with Crippen molar-refractivity contribution in [2.45, 2.75) is 24.9 Å². The van der Waals surface area contributed by atoms with E-state index in [2.05, 4.69) is 4.98 Å². The number of aromatic nitrogens is 1. The van der Waals surface area contributed by atoms with E-state index >= 15 is 0 Å². The smallest absolute Gasteiger partial charge is 0.252 e. The lowest BCUT2D eigenvalue weighted by Crippen LogP contribution is -2.45. The number of pyridine rings is 1. The van der Waals surface area contributed by atoms with Crippen molar-refractivity contribution in [2.75, 3.05) is 27.2 Å². The van der Waals surface area contributed by atoms with Crippen molar-refractivity contribution in [1.82, 2.24) is 13.6 Å². The molecule has 2 aromatic rings. The zero-order chi connectivity index (χ0) is 20.5. The van der Waals surface area contributed by atoms with Crippen molar-refractivity contribution in [3.8, 4) is 11.3 Å². The molecule has 0 saturated carbocycles. The molecule has 0 N–H and O–H groups in total. The zero-order valence-corrected chi connectivity index (χ0v) is 16.5. The summed E-state index contributed by atoms with van der Waals surface area (Å²) in [4.78, 5) is 4.55. The molecular formula is C19H22F3N3O2S. The summed E-state index contributed by atoms with van der Waals surface area (Å²) in [7, 11) is -0.528. The molecule has 0 bridgehead atoms. The molecule has 9 heteroatoms. The summed E-state index contributed by atoms with van der Waals surface area (Å²) in [5.74, 6) is -0.103. The Bertz CT molecular complexity index is 945. The molecule has 2 heterocycles. The zero-order valence-electron chi connectivity index (χ0n) is 15.6. The summed E-state index contributed by atoms with van der Waals surface area (Å²) in [6.07, 6.45) is -2.94. The molecule has 1 aliphatic heterocycles. The number of rotatable bonds is 4. The van der Waals surface area contributed by atoms with Gasteiger partial charge in [0, 0.05) is 44.4 Å². The van der Waals surface area contributed by atoms with Gasteiger partial charge in [-0.3, -0.25) is 4.98 Å². The van der Waals surface area contributed by atoms with Crippen LogP contribution in [0, 0.1) is 0 Å². The van der Waals surface area contributed by atoms with Gasteiger partial charge in [0.15, 0.2) is 0 Å². The predicted octanol–water partition coefficient (Wildman–Crippen LogP) is 3.75. The fourth-order valence-electron chi connectivity index (χ4n) is 3.32. The van der Waals surface area contributed by atoms with Gasteiger partial charge in [0.25, 0.3) is 10.2 Å². The van der Waals surface area contributed by atoms with Crippen molar-refractivity contribution in [3.05, 3.63) is 53.7 Å². The molecule has 0 aliphatic carbocycles. The highest BCUT2D eigenvalue weighted by Crippen LogP contribution is 2.33. The summed E-state index contributed by atoms with van der Waals surface area (Å²) in [5, 5.41) is 0. The number of nitrogens with zero attached hydrogens (tertiary/aromatic N) is 3. The molecule has 1 atom stereocenters. The van der Waals surface area contributed by atoms with E-state index in [4.69, 9.17) is 0 Å². The topological polar surface area (TPSA) is 53.5 Å². The number of halogens is 3. The van der Waals surface area contributed by atoms with E-state index < -0.39 is 21.9 Å². The third-order valence-corrected chi connectivity index (χ3v) is 6.75. The average molecular weight is 413 g/mol. The minimum atomic E-state index is -4.42. The van der Waals surface area contributed by atoms with Crippen LogP contribution in [0.4, 0.5) is 13.2 Å². The standard InChI is InChI=1S/C19H22F3N3O2S/c1-24(2)28(26,27)25-11-5-7-15(13-25)18-10-4-9-17(23-18)14-6-3-8-16(12-14)19(20,21)22/h3-4,6,8-10,12,15H,5,7,11,13H2,1-2H3/t15-/m0/s1. The van der Waals surface area contributed by atoms with Crippen LogP contribution < -0.4 is 0 Å². The predicted molar refractivity (Wildman–Crippen MR) is 101 cm³/mol. The number of piperidine rings is 1. The van der Waals surface area contributed by atoms with E-state index in [0.717, 1.165) is 18.6 Å². The van der Waals surface area contributed by atoms with Crippen molar-refractivity contribution in [1.29, 1.82) is 0 Å². The van der Waals surface area contributed by atoms with Crippen molar-refractivity contribution >= 4 is 10.2 Å². The van der Waals surface area contributed by atoms with Crippen molar-refractivity contribution in [3.63, 3.8) is 0 Å². The summed E-state index contributed by atoms with van der Waals surface area (Å²) in [6, 6.07) is 10.3. The van der Waals surface area contributed by atoms with E-state index in [-0.39, 0.29) is 5.92 Å². The molecule has 1 aromatic carbocycles. The third kappa shape index (κ3) is 4.37. The molecular weight excluding hydrogens is 391 g/mol. The highest BCUT2D eigenvalue weighted by molar-refractivity contribution is 7.86. The monoisotopic (exact) mass is 413 g/mol. The van der Waals surface area contributed by atoms with E-state index in [1.807, 2.05) is 0 Å². The highest BCUT2D eigenvalue weighted by Gasteiger charge is 2.32. The lowest BCUT2D eigenvalue weighted by atomic mass is 9.95. The Kier molecular flexibility index (Phi) is 5.79. The maximum Gasteiger partial charge on any atom is 0.416 e. The van der Waals surface area contributed by atoms with Crippen LogP contribution in [0.25, 0.3) is 11.3 Å². The van der Waals surface area contributed by atoms with Gasteiger partial charge < -0.3 is 0 Å². The van der Waals surface area contributed by atoms with Crippen LogP contribution >= 0.6 is 0 Å². The normalized spacial score (nSPS) is 19.1. The van der Waals surface area contributed by atoms with E-state index in [9.17, 15) is 21.6 Å². The molecule has 0 radical (unpaired) electrons. The van der Waals surface area contributed by atoms with Gasteiger partial charge >= 0.3 is 6.18 Å². The van der Waals surface area contributed by atoms with Crippen LogP contribution in [0.15, 0.2) is 42.5 Å². The largest absolute Gasteiger partial charge is 0.416 e. The second kappa shape index (κ2) is 7.81. The first-order chi connectivity index (χ1) is 13.1. The highest BCUT2D eigenvalue weighted by atomic mass is 32.2. The molecule has 1 aromatic heterocycles. The van der Waals surface area contributed by atoms with Gasteiger partial charge in [-0.1, -0.05) is 18.2 Å². The molecule has 0 amide bonds. The summed E-state index contributed by atoms with van der Waals surface area (Å²) >= 11 is 0. The fraction of sp³-hybridized carbons (Fsp3) is 0.421. The van der Waals surface area contributed by atoms with Gasteiger partial charge in [-0.25, -0.2) is 0 Å². The van der Waals surface area contributed by atoms with Crippen molar-refractivity contribution in [2.24, 2.45) is 0 Å². The Morgan fingerprint density at radius 2 is 1.86 bits per heavy atom. The molecule has 1 aliphatic rings. The van der Waals surface area contributed by atoms with Crippen LogP contribution in [0.2, 0.25) is 0 Å².